The minimum Gasteiger partial charge on any atom is -0.463 e. The summed E-state index contributed by atoms with van der Waals surface area (Å²) in [7, 11) is 0. The molecule has 1 heterocycles. The van der Waals surface area contributed by atoms with Crippen LogP contribution in [0.2, 0.25) is 0 Å². The molecule has 0 aromatic heterocycles. The van der Waals surface area contributed by atoms with Gasteiger partial charge in [-0.05, 0) is 24.6 Å². The first-order valence-corrected chi connectivity index (χ1v) is 9.65. The van der Waals surface area contributed by atoms with E-state index in [1.54, 1.807) is 37.3 Å². The number of nitriles is 1. The van der Waals surface area contributed by atoms with Gasteiger partial charge in [0.1, 0.15) is 17.4 Å². The van der Waals surface area contributed by atoms with E-state index in [-0.39, 0.29) is 40.6 Å². The number of halogens is 1. The van der Waals surface area contributed by atoms with Gasteiger partial charge in [-0.15, -0.1) is 0 Å². The molecule has 2 aromatic carbocycles. The van der Waals surface area contributed by atoms with E-state index in [1.165, 1.54) is 18.2 Å². The minimum absolute atomic E-state index is 0.0126. The summed E-state index contributed by atoms with van der Waals surface area (Å²) in [4.78, 5) is 23.6. The van der Waals surface area contributed by atoms with Gasteiger partial charge in [0.25, 0.3) is 5.69 Å². The summed E-state index contributed by atoms with van der Waals surface area (Å²) in [6.07, 6.45) is 0. The van der Waals surface area contributed by atoms with E-state index in [9.17, 15) is 20.2 Å². The number of allylic oxidation sites excluding steroid dienone is 1. The Morgan fingerprint density at radius 3 is 2.70 bits per heavy atom. The minimum atomic E-state index is -0.866. The number of nitrogens with zero attached hydrogens (tertiary/aromatic N) is 2. The Hall–Kier alpha value is -3.64. The fourth-order valence-electron chi connectivity index (χ4n) is 3.17. The van der Waals surface area contributed by atoms with Crippen LogP contribution in [-0.2, 0) is 14.3 Å². The van der Waals surface area contributed by atoms with Crippen LogP contribution in [0.5, 0.6) is 0 Å². The first-order valence-electron chi connectivity index (χ1n) is 8.86. The SMILES string of the molecule is CCOC(=O)C1=C(c2cccc([N+](=O)[O-])c2)OC(N)=C(C#N)C1c1cccc(Br)c1. The van der Waals surface area contributed by atoms with Crippen molar-refractivity contribution in [3.63, 3.8) is 0 Å². The quantitative estimate of drug-likeness (QED) is 0.395. The van der Waals surface area contributed by atoms with E-state index >= 15 is 0 Å². The molecule has 0 fully saturated rings. The molecule has 9 heteroatoms. The third kappa shape index (κ3) is 4.04. The predicted octanol–water partition coefficient (Wildman–Crippen LogP) is 4.14. The van der Waals surface area contributed by atoms with E-state index in [1.807, 2.05) is 6.07 Å². The fourth-order valence-corrected chi connectivity index (χ4v) is 3.59. The number of hydrogen-bond acceptors (Lipinski definition) is 7. The average molecular weight is 470 g/mol. The second-order valence-corrected chi connectivity index (χ2v) is 7.17. The molecule has 0 amide bonds. The van der Waals surface area contributed by atoms with Crippen molar-refractivity contribution in [2.24, 2.45) is 5.73 Å². The Morgan fingerprint density at radius 2 is 2.07 bits per heavy atom. The lowest BCUT2D eigenvalue weighted by Gasteiger charge is -2.28. The molecule has 1 aliphatic rings. The number of nitro benzene ring substituents is 1. The van der Waals surface area contributed by atoms with Crippen LogP contribution in [0.15, 0.2) is 70.0 Å². The normalized spacial score (nSPS) is 16.0. The van der Waals surface area contributed by atoms with E-state index in [0.717, 1.165) is 4.47 Å². The first kappa shape index (κ1) is 21.1. The average Bonchev–Trinajstić information content (AvgIpc) is 2.73. The summed E-state index contributed by atoms with van der Waals surface area (Å²) in [6.45, 7) is 1.75. The van der Waals surface area contributed by atoms with Crippen LogP contribution in [0.25, 0.3) is 5.76 Å². The van der Waals surface area contributed by atoms with Crippen LogP contribution in [0.3, 0.4) is 0 Å². The zero-order valence-electron chi connectivity index (χ0n) is 15.8. The van der Waals surface area contributed by atoms with Crippen LogP contribution >= 0.6 is 15.9 Å². The summed E-state index contributed by atoms with van der Waals surface area (Å²) in [5.41, 5.74) is 6.81. The number of esters is 1. The highest BCUT2D eigenvalue weighted by molar-refractivity contribution is 9.10. The van der Waals surface area contributed by atoms with Crippen LogP contribution in [0.4, 0.5) is 5.69 Å². The highest BCUT2D eigenvalue weighted by Crippen LogP contribution is 2.43. The molecular formula is C21H16BrN3O5. The van der Waals surface area contributed by atoms with Gasteiger partial charge in [-0.25, -0.2) is 4.79 Å². The molecule has 0 radical (unpaired) electrons. The standard InChI is InChI=1S/C21H16BrN3O5/c1-2-29-21(26)18-17(12-5-3-7-14(22)9-12)16(11-23)20(24)30-19(18)13-6-4-8-15(10-13)25(27)28/h3-10,17H,2,24H2,1H3. The van der Waals surface area contributed by atoms with Crippen LogP contribution in [0, 0.1) is 21.4 Å². The van der Waals surface area contributed by atoms with Gasteiger partial charge in [-0.2, -0.15) is 5.26 Å². The number of carbonyl (C=O) groups is 1. The third-order valence-electron chi connectivity index (χ3n) is 4.42. The number of ether oxygens (including phenoxy) is 2. The summed E-state index contributed by atoms with van der Waals surface area (Å²) in [5.74, 6) is -1.74. The van der Waals surface area contributed by atoms with Crippen molar-refractivity contribution in [2.75, 3.05) is 6.61 Å². The van der Waals surface area contributed by atoms with E-state index < -0.39 is 16.8 Å². The molecule has 1 atom stereocenters. The van der Waals surface area contributed by atoms with Gasteiger partial charge in [-0.3, -0.25) is 10.1 Å². The predicted molar refractivity (Wildman–Crippen MR) is 111 cm³/mol. The second kappa shape index (κ2) is 8.80. The van der Waals surface area contributed by atoms with Gasteiger partial charge in [0, 0.05) is 22.2 Å². The van der Waals surface area contributed by atoms with Crippen molar-refractivity contribution in [1.82, 2.24) is 0 Å². The highest BCUT2D eigenvalue weighted by Gasteiger charge is 2.38. The molecule has 0 spiro atoms. The Kier molecular flexibility index (Phi) is 6.18. The lowest BCUT2D eigenvalue weighted by molar-refractivity contribution is -0.384. The van der Waals surface area contributed by atoms with Crippen LogP contribution < -0.4 is 5.73 Å². The number of non-ortho nitro benzene ring substituents is 1. The monoisotopic (exact) mass is 469 g/mol. The van der Waals surface area contributed by atoms with E-state index in [2.05, 4.69) is 15.9 Å². The van der Waals surface area contributed by atoms with Crippen molar-refractivity contribution in [3.05, 3.63) is 91.3 Å². The first-order chi connectivity index (χ1) is 14.4. The largest absolute Gasteiger partial charge is 0.463 e. The van der Waals surface area contributed by atoms with Crippen LogP contribution in [0.1, 0.15) is 24.0 Å². The molecule has 1 aliphatic heterocycles. The van der Waals surface area contributed by atoms with Crippen molar-refractivity contribution in [1.29, 1.82) is 5.26 Å². The molecular weight excluding hydrogens is 454 g/mol. The Labute approximate surface area is 180 Å². The molecule has 152 valence electrons. The van der Waals surface area contributed by atoms with Gasteiger partial charge in [0.2, 0.25) is 5.88 Å². The number of carbonyl (C=O) groups excluding carboxylic acids is 1. The summed E-state index contributed by atoms with van der Waals surface area (Å²) >= 11 is 3.39. The number of benzene rings is 2. The molecule has 8 nitrogen and oxygen atoms in total. The third-order valence-corrected chi connectivity index (χ3v) is 4.91. The summed E-state index contributed by atoms with van der Waals surface area (Å²) in [5, 5.41) is 20.9. The molecule has 2 N–H and O–H groups in total. The smallest absolute Gasteiger partial charge is 0.338 e. The molecule has 1 unspecified atom stereocenters. The van der Waals surface area contributed by atoms with Gasteiger partial charge in [-0.1, -0.05) is 40.2 Å². The highest BCUT2D eigenvalue weighted by atomic mass is 79.9. The van der Waals surface area contributed by atoms with Gasteiger partial charge in [0.15, 0.2) is 0 Å². The van der Waals surface area contributed by atoms with Gasteiger partial charge < -0.3 is 15.2 Å². The maximum absolute atomic E-state index is 13.0. The van der Waals surface area contributed by atoms with Crippen LogP contribution in [-0.4, -0.2) is 17.5 Å². The van der Waals surface area contributed by atoms with E-state index in [4.69, 9.17) is 15.2 Å². The molecule has 0 saturated heterocycles. The zero-order chi connectivity index (χ0) is 21.8. The molecule has 0 aliphatic carbocycles. The Morgan fingerprint density at radius 1 is 1.33 bits per heavy atom. The zero-order valence-corrected chi connectivity index (χ0v) is 17.4. The molecule has 0 bridgehead atoms. The lowest BCUT2D eigenvalue weighted by atomic mass is 9.82. The number of rotatable bonds is 5. The van der Waals surface area contributed by atoms with Crippen molar-refractivity contribution < 1.29 is 19.2 Å². The molecule has 2 aromatic rings. The van der Waals surface area contributed by atoms with Crippen molar-refractivity contribution in [3.8, 4) is 6.07 Å². The van der Waals surface area contributed by atoms with Crippen molar-refractivity contribution in [2.45, 2.75) is 12.8 Å². The summed E-state index contributed by atoms with van der Waals surface area (Å²) < 4.78 is 11.6. The maximum atomic E-state index is 13.0. The molecule has 30 heavy (non-hydrogen) atoms. The Balaban J connectivity index is 2.31. The number of nitro groups is 1. The molecule has 0 saturated carbocycles. The Bertz CT molecular complexity index is 1130. The number of nitrogens with two attached hydrogens (primary N) is 1. The number of hydrogen-bond donors (Lipinski definition) is 1. The maximum Gasteiger partial charge on any atom is 0.338 e. The van der Waals surface area contributed by atoms with E-state index in [0.29, 0.717) is 5.56 Å². The second-order valence-electron chi connectivity index (χ2n) is 6.25. The van der Waals surface area contributed by atoms with Gasteiger partial charge >= 0.3 is 5.97 Å². The van der Waals surface area contributed by atoms with Crippen molar-refractivity contribution >= 4 is 33.3 Å². The molecule has 3 rings (SSSR count). The fraction of sp³-hybridized carbons (Fsp3) is 0.143. The lowest BCUT2D eigenvalue weighted by Crippen LogP contribution is -2.26. The summed E-state index contributed by atoms with van der Waals surface area (Å²) in [6, 6.07) is 14.7. The van der Waals surface area contributed by atoms with Gasteiger partial charge in [0.05, 0.1) is 23.0 Å². The topological polar surface area (TPSA) is 128 Å².